The molecule has 1 amide bonds. The maximum atomic E-state index is 12.7. The van der Waals surface area contributed by atoms with Gasteiger partial charge >= 0.3 is 0 Å². The minimum Gasteiger partial charge on any atom is -0.496 e. The lowest BCUT2D eigenvalue weighted by Crippen LogP contribution is -2.13. The number of carbonyl (C=O) groups is 1. The second-order valence-electron chi connectivity index (χ2n) is 5.73. The highest BCUT2D eigenvalue weighted by atomic mass is 16.5. The molecule has 0 aliphatic heterocycles. The fourth-order valence-electron chi connectivity index (χ4n) is 2.81. The Hall–Kier alpha value is -2.81. The van der Waals surface area contributed by atoms with Crippen LogP contribution in [0.5, 0.6) is 5.75 Å². The summed E-state index contributed by atoms with van der Waals surface area (Å²) in [7, 11) is 1.58. The van der Waals surface area contributed by atoms with Gasteiger partial charge in [0.05, 0.1) is 12.7 Å². The molecular weight excluding hydrogens is 286 g/mol. The Kier molecular flexibility index (Phi) is 4.02. The number of benzene rings is 3. The van der Waals surface area contributed by atoms with E-state index in [0.29, 0.717) is 11.3 Å². The van der Waals surface area contributed by atoms with E-state index < -0.39 is 0 Å². The van der Waals surface area contributed by atoms with Gasteiger partial charge in [0.25, 0.3) is 5.91 Å². The van der Waals surface area contributed by atoms with Gasteiger partial charge in [-0.3, -0.25) is 4.79 Å². The predicted octanol–water partition coefficient (Wildman–Crippen LogP) is 4.72. The van der Waals surface area contributed by atoms with Crippen LogP contribution in [0.1, 0.15) is 21.5 Å². The molecule has 3 rings (SSSR count). The van der Waals surface area contributed by atoms with Gasteiger partial charge < -0.3 is 10.1 Å². The Morgan fingerprint density at radius 1 is 0.913 bits per heavy atom. The van der Waals surface area contributed by atoms with Crippen molar-refractivity contribution in [2.45, 2.75) is 13.8 Å². The minimum atomic E-state index is -0.169. The first-order valence-electron chi connectivity index (χ1n) is 7.53. The second-order valence-corrected chi connectivity index (χ2v) is 5.73. The van der Waals surface area contributed by atoms with Crippen molar-refractivity contribution in [3.63, 3.8) is 0 Å². The number of methoxy groups -OCH3 is 1. The van der Waals surface area contributed by atoms with E-state index in [9.17, 15) is 4.79 Å². The van der Waals surface area contributed by atoms with Crippen LogP contribution in [0.2, 0.25) is 0 Å². The van der Waals surface area contributed by atoms with Crippen LogP contribution >= 0.6 is 0 Å². The van der Waals surface area contributed by atoms with Crippen molar-refractivity contribution < 1.29 is 9.53 Å². The molecule has 0 bridgehead atoms. The van der Waals surface area contributed by atoms with E-state index in [-0.39, 0.29) is 5.91 Å². The van der Waals surface area contributed by atoms with Crippen molar-refractivity contribution in [2.24, 2.45) is 0 Å². The zero-order valence-corrected chi connectivity index (χ0v) is 13.5. The summed E-state index contributed by atoms with van der Waals surface area (Å²) >= 11 is 0. The molecule has 0 aliphatic rings. The maximum absolute atomic E-state index is 12.7. The van der Waals surface area contributed by atoms with E-state index in [1.54, 1.807) is 7.11 Å². The van der Waals surface area contributed by atoms with Gasteiger partial charge in [-0.25, -0.2) is 0 Å². The van der Waals surface area contributed by atoms with Crippen LogP contribution in [0.4, 0.5) is 5.69 Å². The first-order valence-corrected chi connectivity index (χ1v) is 7.53. The number of carbonyl (C=O) groups excluding carboxylic acids is 1. The van der Waals surface area contributed by atoms with Crippen LogP contribution in [-0.2, 0) is 0 Å². The second kappa shape index (κ2) is 6.13. The number of aryl methyl sites for hydroxylation is 2. The zero-order chi connectivity index (χ0) is 16.4. The lowest BCUT2D eigenvalue weighted by molar-refractivity contribution is 0.102. The quantitative estimate of drug-likeness (QED) is 0.760. The van der Waals surface area contributed by atoms with Crippen molar-refractivity contribution >= 4 is 22.4 Å². The fraction of sp³-hybridized carbons (Fsp3) is 0.150. The molecule has 116 valence electrons. The summed E-state index contributed by atoms with van der Waals surface area (Å²) in [6.07, 6.45) is 0. The number of fused-ring (bicyclic) bond motifs is 1. The van der Waals surface area contributed by atoms with E-state index in [2.05, 4.69) is 11.4 Å². The van der Waals surface area contributed by atoms with Crippen LogP contribution in [0.3, 0.4) is 0 Å². The minimum absolute atomic E-state index is 0.169. The lowest BCUT2D eigenvalue weighted by Gasteiger charge is -2.12. The molecule has 23 heavy (non-hydrogen) atoms. The van der Waals surface area contributed by atoms with Crippen LogP contribution in [0.25, 0.3) is 10.8 Å². The fourth-order valence-corrected chi connectivity index (χ4v) is 2.81. The third-order valence-electron chi connectivity index (χ3n) is 3.79. The van der Waals surface area contributed by atoms with E-state index >= 15 is 0 Å². The lowest BCUT2D eigenvalue weighted by atomic mass is 10.0. The number of anilines is 1. The summed E-state index contributed by atoms with van der Waals surface area (Å²) in [4.78, 5) is 12.7. The number of nitrogens with one attached hydrogen (secondary N) is 1. The first kappa shape index (κ1) is 15.1. The van der Waals surface area contributed by atoms with Gasteiger partial charge in [-0.2, -0.15) is 0 Å². The van der Waals surface area contributed by atoms with Crippen molar-refractivity contribution in [2.75, 3.05) is 12.4 Å². The Morgan fingerprint density at radius 3 is 2.13 bits per heavy atom. The summed E-state index contributed by atoms with van der Waals surface area (Å²) in [5.74, 6) is 0.406. The zero-order valence-electron chi connectivity index (χ0n) is 13.5. The summed E-state index contributed by atoms with van der Waals surface area (Å²) in [6.45, 7) is 4.03. The molecule has 0 fully saturated rings. The van der Waals surface area contributed by atoms with Gasteiger partial charge in [0.1, 0.15) is 5.75 Å². The molecule has 0 saturated heterocycles. The highest BCUT2D eigenvalue weighted by Crippen LogP contribution is 2.27. The van der Waals surface area contributed by atoms with Gasteiger partial charge in [0, 0.05) is 5.69 Å². The molecule has 3 aromatic carbocycles. The topological polar surface area (TPSA) is 38.3 Å². The van der Waals surface area contributed by atoms with Crippen molar-refractivity contribution in [3.8, 4) is 5.75 Å². The monoisotopic (exact) mass is 305 g/mol. The normalized spacial score (nSPS) is 10.6. The molecule has 0 unspecified atom stereocenters. The third-order valence-corrected chi connectivity index (χ3v) is 3.79. The van der Waals surface area contributed by atoms with Crippen LogP contribution in [-0.4, -0.2) is 13.0 Å². The maximum Gasteiger partial charge on any atom is 0.259 e. The molecule has 0 radical (unpaired) electrons. The number of rotatable bonds is 3. The Bertz CT molecular complexity index is 864. The van der Waals surface area contributed by atoms with Crippen molar-refractivity contribution in [1.29, 1.82) is 0 Å². The molecule has 3 nitrogen and oxygen atoms in total. The average Bonchev–Trinajstić information content (AvgIpc) is 2.52. The molecule has 0 aliphatic carbocycles. The summed E-state index contributed by atoms with van der Waals surface area (Å²) in [5.41, 5.74) is 3.56. The molecule has 0 atom stereocenters. The summed E-state index contributed by atoms with van der Waals surface area (Å²) < 4.78 is 5.40. The van der Waals surface area contributed by atoms with Gasteiger partial charge in [0.2, 0.25) is 0 Å². The highest BCUT2D eigenvalue weighted by Gasteiger charge is 2.14. The molecule has 3 heteroatoms. The predicted molar refractivity (Wildman–Crippen MR) is 94.4 cm³/mol. The van der Waals surface area contributed by atoms with E-state index in [0.717, 1.165) is 27.6 Å². The molecule has 0 spiro atoms. The van der Waals surface area contributed by atoms with Crippen LogP contribution in [0, 0.1) is 13.8 Å². The van der Waals surface area contributed by atoms with Crippen molar-refractivity contribution in [1.82, 2.24) is 0 Å². The number of amides is 1. The van der Waals surface area contributed by atoms with Gasteiger partial charge in [-0.1, -0.05) is 30.3 Å². The Morgan fingerprint density at radius 2 is 1.52 bits per heavy atom. The molecule has 0 heterocycles. The van der Waals surface area contributed by atoms with Crippen LogP contribution < -0.4 is 10.1 Å². The molecule has 3 aromatic rings. The van der Waals surface area contributed by atoms with Gasteiger partial charge in [-0.15, -0.1) is 0 Å². The SMILES string of the molecule is COc1cc2ccccc2cc1C(=O)Nc1cc(C)cc(C)c1. The van der Waals surface area contributed by atoms with E-state index in [1.165, 1.54) is 0 Å². The molecule has 0 aromatic heterocycles. The molecule has 1 N–H and O–H groups in total. The molecular formula is C20H19NO2. The number of hydrogen-bond acceptors (Lipinski definition) is 2. The smallest absolute Gasteiger partial charge is 0.259 e. The highest BCUT2D eigenvalue weighted by molar-refractivity contribution is 6.08. The van der Waals surface area contributed by atoms with E-state index in [4.69, 9.17) is 4.74 Å². The number of ether oxygens (including phenoxy) is 1. The summed E-state index contributed by atoms with van der Waals surface area (Å²) in [6, 6.07) is 17.7. The van der Waals surface area contributed by atoms with E-state index in [1.807, 2.05) is 62.4 Å². The Balaban J connectivity index is 1.99. The average molecular weight is 305 g/mol. The summed E-state index contributed by atoms with van der Waals surface area (Å²) in [5, 5.41) is 5.02. The van der Waals surface area contributed by atoms with Gasteiger partial charge in [0.15, 0.2) is 0 Å². The third kappa shape index (κ3) is 3.19. The van der Waals surface area contributed by atoms with Crippen LogP contribution in [0.15, 0.2) is 54.6 Å². The van der Waals surface area contributed by atoms with Gasteiger partial charge in [-0.05, 0) is 60.0 Å². The standard InChI is InChI=1S/C20H19NO2/c1-13-8-14(2)10-17(9-13)21-20(22)18-11-15-6-4-5-7-16(15)12-19(18)23-3/h4-12H,1-3H3,(H,21,22). The molecule has 0 saturated carbocycles. The largest absolute Gasteiger partial charge is 0.496 e. The Labute approximate surface area is 135 Å². The van der Waals surface area contributed by atoms with Crippen molar-refractivity contribution in [3.05, 3.63) is 71.3 Å². The number of hydrogen-bond donors (Lipinski definition) is 1. The first-order chi connectivity index (χ1) is 11.1.